The number of hydrogen-bond donors (Lipinski definition) is 1. The second-order valence-corrected chi connectivity index (χ2v) is 7.35. The van der Waals surface area contributed by atoms with E-state index in [1.807, 2.05) is 0 Å². The summed E-state index contributed by atoms with van der Waals surface area (Å²) in [4.78, 5) is 16.1. The molecule has 0 aliphatic carbocycles. The lowest BCUT2D eigenvalue weighted by Gasteiger charge is -2.28. The van der Waals surface area contributed by atoms with Gasteiger partial charge in [0.15, 0.2) is 0 Å². The summed E-state index contributed by atoms with van der Waals surface area (Å²) in [6.45, 7) is 0.475. The molecule has 0 spiro atoms. The van der Waals surface area contributed by atoms with Gasteiger partial charge in [-0.05, 0) is 43.2 Å². The highest BCUT2D eigenvalue weighted by Gasteiger charge is 2.26. The van der Waals surface area contributed by atoms with Crippen LogP contribution in [-0.4, -0.2) is 31.6 Å². The van der Waals surface area contributed by atoms with Gasteiger partial charge in [-0.25, -0.2) is 8.42 Å². The molecule has 1 amide bonds. The van der Waals surface area contributed by atoms with E-state index in [4.69, 9.17) is 0 Å². The molecule has 3 rings (SSSR count). The summed E-state index contributed by atoms with van der Waals surface area (Å²) in [5.41, 5.74) is 1.58. The van der Waals surface area contributed by atoms with Crippen molar-refractivity contribution in [3.63, 3.8) is 0 Å². The van der Waals surface area contributed by atoms with Gasteiger partial charge in [0.05, 0.1) is 17.0 Å². The summed E-state index contributed by atoms with van der Waals surface area (Å²) in [6.07, 6.45) is 4.61. The van der Waals surface area contributed by atoms with Gasteiger partial charge in [0.2, 0.25) is 10.0 Å². The van der Waals surface area contributed by atoms with Crippen molar-refractivity contribution in [2.75, 3.05) is 21.9 Å². The molecule has 1 N–H and O–H groups in total. The molecule has 1 fully saturated rings. The average Bonchev–Trinajstić information content (AvgIpc) is 2.55. The summed E-state index contributed by atoms with van der Waals surface area (Å²) in [5.74, 6) is -0.115. The predicted octanol–water partition coefficient (Wildman–Crippen LogP) is 2.26. The number of aromatic nitrogens is 1. The van der Waals surface area contributed by atoms with Gasteiger partial charge in [0, 0.05) is 24.6 Å². The zero-order valence-electron chi connectivity index (χ0n) is 12.5. The van der Waals surface area contributed by atoms with E-state index in [0.29, 0.717) is 29.9 Å². The number of hydrogen-bond acceptors (Lipinski definition) is 4. The largest absolute Gasteiger partial charge is 0.322 e. The lowest BCUT2D eigenvalue weighted by molar-refractivity contribution is 0.102. The van der Waals surface area contributed by atoms with Crippen LogP contribution in [0.2, 0.25) is 0 Å². The van der Waals surface area contributed by atoms with E-state index in [9.17, 15) is 13.2 Å². The van der Waals surface area contributed by atoms with Crippen LogP contribution in [0.4, 0.5) is 11.4 Å². The van der Waals surface area contributed by atoms with Crippen molar-refractivity contribution in [3.05, 3.63) is 54.4 Å². The Balaban J connectivity index is 1.82. The van der Waals surface area contributed by atoms with Gasteiger partial charge in [-0.1, -0.05) is 6.07 Å². The predicted molar refractivity (Wildman–Crippen MR) is 89.0 cm³/mol. The highest BCUT2D eigenvalue weighted by molar-refractivity contribution is 7.92. The molecule has 120 valence electrons. The minimum atomic E-state index is -3.26. The maximum absolute atomic E-state index is 12.2. The first kappa shape index (κ1) is 15.5. The number of carbonyl (C=O) groups is 1. The Kier molecular flexibility index (Phi) is 4.29. The van der Waals surface area contributed by atoms with Crippen LogP contribution in [0.3, 0.4) is 0 Å². The zero-order valence-corrected chi connectivity index (χ0v) is 13.3. The molecule has 7 heteroatoms. The molecular formula is C16H17N3O3S. The van der Waals surface area contributed by atoms with Crippen molar-refractivity contribution in [2.45, 2.75) is 12.8 Å². The van der Waals surface area contributed by atoms with Crippen LogP contribution in [0.25, 0.3) is 0 Å². The highest BCUT2D eigenvalue weighted by atomic mass is 32.2. The molecule has 1 aromatic heterocycles. The quantitative estimate of drug-likeness (QED) is 0.935. The molecule has 0 radical (unpaired) electrons. The van der Waals surface area contributed by atoms with Gasteiger partial charge in [-0.2, -0.15) is 0 Å². The van der Waals surface area contributed by atoms with Crippen molar-refractivity contribution in [1.29, 1.82) is 0 Å². The molecule has 1 aliphatic rings. The summed E-state index contributed by atoms with van der Waals surface area (Å²) in [6, 6.07) is 10.2. The third-order valence-corrected chi connectivity index (χ3v) is 5.53. The second-order valence-electron chi connectivity index (χ2n) is 5.34. The number of nitrogens with one attached hydrogen (secondary N) is 1. The lowest BCUT2D eigenvalue weighted by Crippen LogP contribution is -2.37. The monoisotopic (exact) mass is 331 g/mol. The Hall–Kier alpha value is -2.41. The van der Waals surface area contributed by atoms with E-state index in [1.54, 1.807) is 42.6 Å². The van der Waals surface area contributed by atoms with Crippen molar-refractivity contribution in [2.24, 2.45) is 0 Å². The lowest BCUT2D eigenvalue weighted by atomic mass is 10.2. The van der Waals surface area contributed by atoms with Gasteiger partial charge < -0.3 is 5.32 Å². The molecule has 6 nitrogen and oxygen atoms in total. The summed E-state index contributed by atoms with van der Waals surface area (Å²) < 4.78 is 25.7. The van der Waals surface area contributed by atoms with E-state index in [1.165, 1.54) is 10.5 Å². The second kappa shape index (κ2) is 6.37. The van der Waals surface area contributed by atoms with E-state index in [2.05, 4.69) is 10.3 Å². The summed E-state index contributed by atoms with van der Waals surface area (Å²) in [5, 5.41) is 2.76. The van der Waals surface area contributed by atoms with Gasteiger partial charge in [-0.15, -0.1) is 0 Å². The Morgan fingerprint density at radius 3 is 2.78 bits per heavy atom. The van der Waals surface area contributed by atoms with Gasteiger partial charge in [0.1, 0.15) is 0 Å². The first-order valence-corrected chi connectivity index (χ1v) is 8.99. The zero-order chi connectivity index (χ0) is 16.3. The molecule has 0 atom stereocenters. The van der Waals surface area contributed by atoms with Crippen LogP contribution < -0.4 is 9.62 Å². The van der Waals surface area contributed by atoms with Crippen LogP contribution in [0, 0.1) is 0 Å². The molecule has 2 heterocycles. The minimum absolute atomic E-state index is 0.166. The minimum Gasteiger partial charge on any atom is -0.322 e. The van der Waals surface area contributed by atoms with Crippen molar-refractivity contribution < 1.29 is 13.2 Å². The van der Waals surface area contributed by atoms with Crippen LogP contribution in [0.1, 0.15) is 23.2 Å². The van der Waals surface area contributed by atoms with E-state index >= 15 is 0 Å². The molecule has 0 unspecified atom stereocenters. The number of carbonyl (C=O) groups excluding carboxylic acids is 1. The summed E-state index contributed by atoms with van der Waals surface area (Å²) in [7, 11) is -3.26. The van der Waals surface area contributed by atoms with Crippen LogP contribution in [-0.2, 0) is 10.0 Å². The third kappa shape index (κ3) is 3.50. The third-order valence-electron chi connectivity index (χ3n) is 3.67. The molecule has 23 heavy (non-hydrogen) atoms. The van der Waals surface area contributed by atoms with Gasteiger partial charge in [-0.3, -0.25) is 14.1 Å². The van der Waals surface area contributed by atoms with Gasteiger partial charge in [0.25, 0.3) is 5.91 Å². The van der Waals surface area contributed by atoms with Crippen LogP contribution >= 0.6 is 0 Å². The summed E-state index contributed by atoms with van der Waals surface area (Å²) >= 11 is 0. The number of nitrogens with zero attached hydrogens (tertiary/aromatic N) is 2. The average molecular weight is 331 g/mol. The molecule has 1 aliphatic heterocycles. The molecule has 0 saturated carbocycles. The first-order chi connectivity index (χ1) is 11.1. The number of pyridine rings is 1. The molecule has 2 aromatic rings. The number of benzene rings is 1. The normalized spacial score (nSPS) is 16.8. The van der Waals surface area contributed by atoms with E-state index in [0.717, 1.165) is 6.42 Å². The fraction of sp³-hybridized carbons (Fsp3) is 0.250. The van der Waals surface area contributed by atoms with Crippen molar-refractivity contribution >= 4 is 27.3 Å². The maximum atomic E-state index is 12.2. The van der Waals surface area contributed by atoms with Crippen LogP contribution in [0.15, 0.2) is 48.8 Å². The fourth-order valence-corrected chi connectivity index (χ4v) is 4.15. The standard InChI is InChI=1S/C16H17N3O3S/c20-16(13-5-4-8-17-12-13)18-14-6-3-7-15(11-14)19-9-1-2-10-23(19,21)22/h3-8,11-12H,1-2,9-10H2,(H,18,20). The fourth-order valence-electron chi connectivity index (χ4n) is 2.52. The molecule has 1 aromatic carbocycles. The molecular weight excluding hydrogens is 314 g/mol. The number of anilines is 2. The van der Waals surface area contributed by atoms with Crippen LogP contribution in [0.5, 0.6) is 0 Å². The Labute approximate surface area is 135 Å². The SMILES string of the molecule is O=C(Nc1cccc(N2CCCCS2(=O)=O)c1)c1cccnc1. The molecule has 0 bridgehead atoms. The smallest absolute Gasteiger partial charge is 0.257 e. The highest BCUT2D eigenvalue weighted by Crippen LogP contribution is 2.26. The Bertz CT molecular complexity index is 806. The Morgan fingerprint density at radius 2 is 2.04 bits per heavy atom. The number of rotatable bonds is 3. The van der Waals surface area contributed by atoms with Gasteiger partial charge >= 0.3 is 0 Å². The van der Waals surface area contributed by atoms with Crippen molar-refractivity contribution in [3.8, 4) is 0 Å². The van der Waals surface area contributed by atoms with E-state index in [-0.39, 0.29) is 11.7 Å². The van der Waals surface area contributed by atoms with Crippen molar-refractivity contribution in [1.82, 2.24) is 4.98 Å². The van der Waals surface area contributed by atoms with E-state index < -0.39 is 10.0 Å². The topological polar surface area (TPSA) is 79.4 Å². The molecule has 1 saturated heterocycles. The first-order valence-electron chi connectivity index (χ1n) is 7.38. The number of sulfonamides is 1. The Morgan fingerprint density at radius 1 is 1.17 bits per heavy atom. The number of amides is 1. The maximum Gasteiger partial charge on any atom is 0.257 e.